The fourth-order valence-electron chi connectivity index (χ4n) is 2.16. The molecule has 1 aliphatic heterocycles. The van der Waals surface area contributed by atoms with Gasteiger partial charge < -0.3 is 10.1 Å². The molecule has 0 aromatic carbocycles. The molecule has 0 spiro atoms. The van der Waals surface area contributed by atoms with E-state index in [-0.39, 0.29) is 0 Å². The molecule has 1 saturated heterocycles. The highest BCUT2D eigenvalue weighted by Crippen LogP contribution is 2.38. The average molecular weight is 197 g/mol. The Bertz CT molecular complexity index is 193. The molecule has 1 N–H and O–H groups in total. The van der Waals surface area contributed by atoms with Crippen molar-refractivity contribution in [2.24, 2.45) is 11.3 Å². The lowest BCUT2D eigenvalue weighted by atomic mass is 9.95. The predicted molar refractivity (Wildman–Crippen MR) is 58.3 cm³/mol. The van der Waals surface area contributed by atoms with E-state index in [0.29, 0.717) is 17.6 Å². The number of nitrogens with one attached hydrogen (secondary N) is 1. The molecular formula is C12H23NO. The minimum atomic E-state index is 0.386. The van der Waals surface area contributed by atoms with Crippen LogP contribution in [0.15, 0.2) is 0 Å². The van der Waals surface area contributed by atoms with Gasteiger partial charge >= 0.3 is 0 Å². The summed E-state index contributed by atoms with van der Waals surface area (Å²) in [6, 6.07) is 0.627. The molecule has 2 unspecified atom stereocenters. The van der Waals surface area contributed by atoms with Gasteiger partial charge in [-0.1, -0.05) is 20.8 Å². The Kier molecular flexibility index (Phi) is 2.85. The summed E-state index contributed by atoms with van der Waals surface area (Å²) in [4.78, 5) is 0. The van der Waals surface area contributed by atoms with Crippen molar-refractivity contribution in [1.82, 2.24) is 5.32 Å². The van der Waals surface area contributed by atoms with E-state index in [1.165, 1.54) is 19.3 Å². The van der Waals surface area contributed by atoms with Gasteiger partial charge in [0.25, 0.3) is 0 Å². The maximum Gasteiger partial charge on any atom is 0.0756 e. The molecule has 0 bridgehead atoms. The van der Waals surface area contributed by atoms with Crippen LogP contribution in [-0.2, 0) is 4.74 Å². The largest absolute Gasteiger partial charge is 0.376 e. The molecular weight excluding hydrogens is 174 g/mol. The van der Waals surface area contributed by atoms with E-state index in [2.05, 4.69) is 26.1 Å². The third-order valence-corrected chi connectivity index (χ3v) is 3.12. The van der Waals surface area contributed by atoms with Gasteiger partial charge in [0, 0.05) is 19.2 Å². The molecule has 1 aliphatic carbocycles. The SMILES string of the molecule is CC(C)(C)CNC1CCOC1C1CC1. The van der Waals surface area contributed by atoms with Crippen LogP contribution in [0.5, 0.6) is 0 Å². The van der Waals surface area contributed by atoms with E-state index in [9.17, 15) is 0 Å². The van der Waals surface area contributed by atoms with Crippen molar-refractivity contribution in [2.45, 2.75) is 52.2 Å². The number of hydrogen-bond acceptors (Lipinski definition) is 2. The van der Waals surface area contributed by atoms with Gasteiger partial charge in [0.2, 0.25) is 0 Å². The normalized spacial score (nSPS) is 33.6. The van der Waals surface area contributed by atoms with E-state index in [1.807, 2.05) is 0 Å². The summed E-state index contributed by atoms with van der Waals surface area (Å²) in [7, 11) is 0. The van der Waals surface area contributed by atoms with Crippen molar-refractivity contribution in [3.8, 4) is 0 Å². The lowest BCUT2D eigenvalue weighted by molar-refractivity contribution is 0.0794. The van der Waals surface area contributed by atoms with Crippen LogP contribution in [-0.4, -0.2) is 25.3 Å². The summed E-state index contributed by atoms with van der Waals surface area (Å²) >= 11 is 0. The number of hydrogen-bond donors (Lipinski definition) is 1. The summed E-state index contributed by atoms with van der Waals surface area (Å²) in [6.07, 6.45) is 4.51. The molecule has 2 rings (SSSR count). The van der Waals surface area contributed by atoms with E-state index < -0.39 is 0 Å². The van der Waals surface area contributed by atoms with Crippen LogP contribution in [0, 0.1) is 11.3 Å². The summed E-state index contributed by atoms with van der Waals surface area (Å²) in [5.74, 6) is 0.870. The minimum Gasteiger partial charge on any atom is -0.376 e. The molecule has 2 aliphatic rings. The van der Waals surface area contributed by atoms with E-state index in [4.69, 9.17) is 4.74 Å². The third-order valence-electron chi connectivity index (χ3n) is 3.12. The fourth-order valence-corrected chi connectivity index (χ4v) is 2.16. The van der Waals surface area contributed by atoms with Gasteiger partial charge in [-0.2, -0.15) is 0 Å². The van der Waals surface area contributed by atoms with Crippen LogP contribution in [0.25, 0.3) is 0 Å². The smallest absolute Gasteiger partial charge is 0.0756 e. The molecule has 2 heteroatoms. The summed E-state index contributed by atoms with van der Waals surface area (Å²) in [5.41, 5.74) is 0.386. The van der Waals surface area contributed by atoms with Gasteiger partial charge in [-0.25, -0.2) is 0 Å². The molecule has 0 aromatic rings. The van der Waals surface area contributed by atoms with Crippen LogP contribution >= 0.6 is 0 Å². The molecule has 82 valence electrons. The molecule has 1 saturated carbocycles. The highest BCUT2D eigenvalue weighted by atomic mass is 16.5. The average Bonchev–Trinajstić information content (AvgIpc) is 2.81. The highest BCUT2D eigenvalue weighted by molar-refractivity contribution is 4.93. The lowest BCUT2D eigenvalue weighted by Gasteiger charge is -2.25. The Morgan fingerprint density at radius 2 is 1.93 bits per heavy atom. The van der Waals surface area contributed by atoms with Crippen molar-refractivity contribution in [3.63, 3.8) is 0 Å². The predicted octanol–water partition coefficient (Wildman–Crippen LogP) is 2.19. The zero-order chi connectivity index (χ0) is 10.2. The molecule has 0 radical (unpaired) electrons. The molecule has 2 atom stereocenters. The zero-order valence-corrected chi connectivity index (χ0v) is 9.68. The van der Waals surface area contributed by atoms with Gasteiger partial charge in [0.05, 0.1) is 6.10 Å². The van der Waals surface area contributed by atoms with Crippen molar-refractivity contribution in [3.05, 3.63) is 0 Å². The first kappa shape index (κ1) is 10.4. The molecule has 0 aromatic heterocycles. The van der Waals surface area contributed by atoms with Crippen molar-refractivity contribution < 1.29 is 4.74 Å². The quantitative estimate of drug-likeness (QED) is 0.749. The van der Waals surface area contributed by atoms with Crippen molar-refractivity contribution >= 4 is 0 Å². The van der Waals surface area contributed by atoms with E-state index >= 15 is 0 Å². The van der Waals surface area contributed by atoms with Crippen molar-refractivity contribution in [2.75, 3.05) is 13.2 Å². The van der Waals surface area contributed by atoms with Gasteiger partial charge in [-0.05, 0) is 30.6 Å². The second-order valence-electron chi connectivity index (χ2n) is 6.01. The van der Waals surface area contributed by atoms with Crippen molar-refractivity contribution in [1.29, 1.82) is 0 Å². The summed E-state index contributed by atoms with van der Waals surface area (Å²) < 4.78 is 5.79. The standard InChI is InChI=1S/C12H23NO/c1-12(2,3)8-13-10-6-7-14-11(10)9-4-5-9/h9-11,13H,4-8H2,1-3H3. The molecule has 14 heavy (non-hydrogen) atoms. The van der Waals surface area contributed by atoms with Crippen LogP contribution in [0.3, 0.4) is 0 Å². The Hall–Kier alpha value is -0.0800. The molecule has 0 amide bonds. The van der Waals surface area contributed by atoms with Crippen LogP contribution < -0.4 is 5.32 Å². The monoisotopic (exact) mass is 197 g/mol. The third kappa shape index (κ3) is 2.71. The summed E-state index contributed by atoms with van der Waals surface area (Å²) in [5, 5.41) is 3.67. The number of ether oxygens (including phenoxy) is 1. The van der Waals surface area contributed by atoms with Gasteiger partial charge in [-0.15, -0.1) is 0 Å². The Balaban J connectivity index is 1.78. The Labute approximate surface area is 87.4 Å². The number of rotatable bonds is 3. The molecule has 1 heterocycles. The van der Waals surface area contributed by atoms with Gasteiger partial charge in [0.15, 0.2) is 0 Å². The van der Waals surface area contributed by atoms with Gasteiger partial charge in [-0.3, -0.25) is 0 Å². The van der Waals surface area contributed by atoms with Crippen LogP contribution in [0.1, 0.15) is 40.0 Å². The van der Waals surface area contributed by atoms with Crippen LogP contribution in [0.4, 0.5) is 0 Å². The Morgan fingerprint density at radius 3 is 2.50 bits per heavy atom. The first-order chi connectivity index (χ1) is 6.56. The van der Waals surface area contributed by atoms with Gasteiger partial charge in [0.1, 0.15) is 0 Å². The molecule has 2 nitrogen and oxygen atoms in total. The minimum absolute atomic E-state index is 0.386. The Morgan fingerprint density at radius 1 is 1.21 bits per heavy atom. The zero-order valence-electron chi connectivity index (χ0n) is 9.68. The van der Waals surface area contributed by atoms with Crippen LogP contribution in [0.2, 0.25) is 0 Å². The highest BCUT2D eigenvalue weighted by Gasteiger charge is 2.40. The first-order valence-electron chi connectivity index (χ1n) is 5.91. The second kappa shape index (κ2) is 3.82. The maximum absolute atomic E-state index is 5.79. The first-order valence-corrected chi connectivity index (χ1v) is 5.91. The topological polar surface area (TPSA) is 21.3 Å². The fraction of sp³-hybridized carbons (Fsp3) is 1.00. The van der Waals surface area contributed by atoms with E-state index in [0.717, 1.165) is 19.1 Å². The summed E-state index contributed by atoms with van der Waals surface area (Å²) in [6.45, 7) is 8.90. The van der Waals surface area contributed by atoms with E-state index in [1.54, 1.807) is 0 Å². The second-order valence-corrected chi connectivity index (χ2v) is 6.01. The molecule has 2 fully saturated rings. The lowest BCUT2D eigenvalue weighted by Crippen LogP contribution is -2.41. The maximum atomic E-state index is 5.79.